The van der Waals surface area contributed by atoms with Gasteiger partial charge in [0.1, 0.15) is 5.75 Å². The molecule has 178 valence electrons. The molecule has 3 rings (SSSR count). The normalized spacial score (nSPS) is 14.4. The number of nitrogens with zero attached hydrogens (tertiary/aromatic N) is 1. The van der Waals surface area contributed by atoms with Crippen molar-refractivity contribution < 1.29 is 23.8 Å². The van der Waals surface area contributed by atoms with Crippen molar-refractivity contribution in [2.45, 2.75) is 26.2 Å². The van der Waals surface area contributed by atoms with Crippen LogP contribution in [-0.2, 0) is 10.2 Å². The molecule has 0 radical (unpaired) electrons. The van der Waals surface area contributed by atoms with E-state index in [-0.39, 0.29) is 17.1 Å². The Morgan fingerprint density at radius 1 is 1.09 bits per heavy atom. The maximum absolute atomic E-state index is 13.1. The van der Waals surface area contributed by atoms with Crippen molar-refractivity contribution in [3.05, 3.63) is 53.6 Å². The van der Waals surface area contributed by atoms with Crippen LogP contribution in [0.1, 0.15) is 36.7 Å². The predicted octanol–water partition coefficient (Wildman–Crippen LogP) is 3.67. The Bertz CT molecular complexity index is 951. The molecule has 2 amide bonds. The first-order valence-corrected chi connectivity index (χ1v) is 11.1. The molecule has 0 aliphatic carbocycles. The van der Waals surface area contributed by atoms with Crippen LogP contribution in [-0.4, -0.2) is 63.4 Å². The van der Waals surface area contributed by atoms with E-state index in [1.807, 2.05) is 39.0 Å². The minimum absolute atomic E-state index is 0.255. The van der Waals surface area contributed by atoms with Gasteiger partial charge in [-0.1, -0.05) is 39.0 Å². The van der Waals surface area contributed by atoms with Gasteiger partial charge in [-0.25, -0.2) is 4.79 Å². The molecular formula is C25H33N3O5. The second kappa shape index (κ2) is 11.2. The lowest BCUT2D eigenvalue weighted by Crippen LogP contribution is -2.41. The molecule has 2 aromatic carbocycles. The van der Waals surface area contributed by atoms with Crippen LogP contribution in [0.4, 0.5) is 10.5 Å². The average molecular weight is 456 g/mol. The molecule has 8 heteroatoms. The number of carbonyl (C=O) groups is 2. The van der Waals surface area contributed by atoms with Crippen LogP contribution < -0.4 is 20.1 Å². The molecule has 1 fully saturated rings. The summed E-state index contributed by atoms with van der Waals surface area (Å²) in [5.74, 6) is 0.449. The summed E-state index contributed by atoms with van der Waals surface area (Å²) in [6.45, 7) is 10.5. The van der Waals surface area contributed by atoms with Gasteiger partial charge in [0.2, 0.25) is 0 Å². The number of carbonyl (C=O) groups excluding carboxylic acids is 2. The molecule has 1 aliphatic heterocycles. The first kappa shape index (κ1) is 24.5. The summed E-state index contributed by atoms with van der Waals surface area (Å²) in [6.07, 6.45) is -0.663. The lowest BCUT2D eigenvalue weighted by Gasteiger charge is -2.26. The molecule has 0 aromatic heterocycles. The van der Waals surface area contributed by atoms with E-state index in [4.69, 9.17) is 14.2 Å². The fraction of sp³-hybridized carbons (Fsp3) is 0.440. The molecule has 0 atom stereocenters. The van der Waals surface area contributed by atoms with E-state index in [0.717, 1.165) is 25.2 Å². The van der Waals surface area contributed by atoms with Crippen LogP contribution in [0, 0.1) is 0 Å². The van der Waals surface area contributed by atoms with Gasteiger partial charge in [-0.15, -0.1) is 0 Å². The van der Waals surface area contributed by atoms with Gasteiger partial charge < -0.3 is 19.5 Å². The number of methoxy groups -OCH3 is 1. The van der Waals surface area contributed by atoms with E-state index in [0.29, 0.717) is 36.8 Å². The number of anilines is 1. The quantitative estimate of drug-likeness (QED) is 0.662. The van der Waals surface area contributed by atoms with Crippen molar-refractivity contribution in [3.8, 4) is 11.5 Å². The molecular weight excluding hydrogens is 422 g/mol. The molecule has 0 saturated carbocycles. The predicted molar refractivity (Wildman–Crippen MR) is 127 cm³/mol. The third kappa shape index (κ3) is 6.94. The Balaban J connectivity index is 1.79. The largest absolute Gasteiger partial charge is 0.494 e. The maximum atomic E-state index is 13.1. The van der Waals surface area contributed by atoms with Crippen LogP contribution in [0.3, 0.4) is 0 Å². The fourth-order valence-corrected chi connectivity index (χ4v) is 3.52. The van der Waals surface area contributed by atoms with Crippen LogP contribution in [0.5, 0.6) is 11.5 Å². The number of hydrogen-bond acceptors (Lipinski definition) is 6. The van der Waals surface area contributed by atoms with Crippen molar-refractivity contribution in [2.24, 2.45) is 0 Å². The molecule has 33 heavy (non-hydrogen) atoms. The smallest absolute Gasteiger partial charge is 0.417 e. The lowest BCUT2D eigenvalue weighted by molar-refractivity contribution is 0.0383. The first-order chi connectivity index (χ1) is 15.8. The van der Waals surface area contributed by atoms with Crippen LogP contribution in [0.25, 0.3) is 0 Å². The van der Waals surface area contributed by atoms with Gasteiger partial charge in [0, 0.05) is 26.2 Å². The number of para-hydroxylation sites is 1. The third-order valence-electron chi connectivity index (χ3n) is 5.41. The number of amides is 2. The molecule has 0 bridgehead atoms. The van der Waals surface area contributed by atoms with E-state index in [1.165, 1.54) is 7.11 Å². The summed E-state index contributed by atoms with van der Waals surface area (Å²) in [7, 11) is 1.48. The van der Waals surface area contributed by atoms with Gasteiger partial charge in [-0.05, 0) is 35.2 Å². The number of ether oxygens (including phenoxy) is 3. The highest BCUT2D eigenvalue weighted by molar-refractivity contribution is 6.01. The highest BCUT2D eigenvalue weighted by Crippen LogP contribution is 2.35. The van der Waals surface area contributed by atoms with Gasteiger partial charge in [-0.2, -0.15) is 0 Å². The minimum Gasteiger partial charge on any atom is -0.494 e. The zero-order valence-electron chi connectivity index (χ0n) is 19.8. The summed E-state index contributed by atoms with van der Waals surface area (Å²) < 4.78 is 16.3. The molecule has 0 unspecified atom stereocenters. The molecule has 2 N–H and O–H groups in total. The number of benzene rings is 2. The summed E-state index contributed by atoms with van der Waals surface area (Å²) in [6, 6.07) is 12.4. The summed E-state index contributed by atoms with van der Waals surface area (Å²) >= 11 is 0. The van der Waals surface area contributed by atoms with Crippen molar-refractivity contribution in [1.29, 1.82) is 0 Å². The van der Waals surface area contributed by atoms with Crippen molar-refractivity contribution in [2.75, 3.05) is 51.8 Å². The Kier molecular flexibility index (Phi) is 8.30. The van der Waals surface area contributed by atoms with Gasteiger partial charge in [0.15, 0.2) is 5.75 Å². The van der Waals surface area contributed by atoms with E-state index in [1.54, 1.807) is 24.3 Å². The number of morpholine rings is 1. The van der Waals surface area contributed by atoms with Gasteiger partial charge in [0.05, 0.1) is 31.6 Å². The molecule has 1 aliphatic rings. The monoisotopic (exact) mass is 455 g/mol. The zero-order valence-corrected chi connectivity index (χ0v) is 19.8. The maximum Gasteiger partial charge on any atom is 0.417 e. The average Bonchev–Trinajstić information content (AvgIpc) is 2.79. The highest BCUT2D eigenvalue weighted by atomic mass is 16.6. The lowest BCUT2D eigenvalue weighted by atomic mass is 9.85. The molecule has 8 nitrogen and oxygen atoms in total. The van der Waals surface area contributed by atoms with E-state index < -0.39 is 6.09 Å². The standard InChI is InChI=1S/C25H33N3O5/c1-25(2,3)18-16-20(23(29)26-10-11-28-12-14-32-15-13-28)22(31-4)21(17-18)27-24(30)33-19-8-6-5-7-9-19/h5-9,16-17H,10-15H2,1-4H3,(H,26,29)(H,27,30). The number of nitrogens with one attached hydrogen (secondary N) is 2. The topological polar surface area (TPSA) is 89.1 Å². The fourth-order valence-electron chi connectivity index (χ4n) is 3.52. The van der Waals surface area contributed by atoms with Crippen molar-refractivity contribution in [3.63, 3.8) is 0 Å². The SMILES string of the molecule is COc1c(NC(=O)Oc2ccccc2)cc(C(C)(C)C)cc1C(=O)NCCN1CCOCC1. The van der Waals surface area contributed by atoms with Crippen LogP contribution in [0.15, 0.2) is 42.5 Å². The van der Waals surface area contributed by atoms with E-state index in [9.17, 15) is 9.59 Å². The molecule has 2 aromatic rings. The Labute approximate surface area is 195 Å². The second-order valence-corrected chi connectivity index (χ2v) is 8.89. The van der Waals surface area contributed by atoms with E-state index >= 15 is 0 Å². The van der Waals surface area contributed by atoms with Crippen molar-refractivity contribution in [1.82, 2.24) is 10.2 Å². The van der Waals surface area contributed by atoms with E-state index in [2.05, 4.69) is 15.5 Å². The molecule has 1 heterocycles. The molecule has 1 saturated heterocycles. The second-order valence-electron chi connectivity index (χ2n) is 8.89. The van der Waals surface area contributed by atoms with Crippen molar-refractivity contribution >= 4 is 17.7 Å². The Morgan fingerprint density at radius 3 is 2.42 bits per heavy atom. The van der Waals surface area contributed by atoms with Gasteiger partial charge in [-0.3, -0.25) is 15.0 Å². The molecule has 0 spiro atoms. The number of hydrogen-bond donors (Lipinski definition) is 2. The minimum atomic E-state index is -0.663. The van der Waals surface area contributed by atoms with Crippen LogP contribution >= 0.6 is 0 Å². The summed E-state index contributed by atoms with van der Waals surface area (Å²) in [4.78, 5) is 27.9. The third-order valence-corrected chi connectivity index (χ3v) is 5.41. The Morgan fingerprint density at radius 2 is 1.79 bits per heavy atom. The first-order valence-electron chi connectivity index (χ1n) is 11.1. The van der Waals surface area contributed by atoms with Gasteiger partial charge in [0.25, 0.3) is 5.91 Å². The number of rotatable bonds is 7. The summed E-state index contributed by atoms with van der Waals surface area (Å²) in [5, 5.41) is 5.71. The van der Waals surface area contributed by atoms with Crippen LogP contribution in [0.2, 0.25) is 0 Å². The highest BCUT2D eigenvalue weighted by Gasteiger charge is 2.24. The Hall–Kier alpha value is -3.10. The zero-order chi connectivity index (χ0) is 23.8. The van der Waals surface area contributed by atoms with Gasteiger partial charge >= 0.3 is 6.09 Å². The summed E-state index contributed by atoms with van der Waals surface area (Å²) in [5.41, 5.74) is 1.37.